The molecule has 5 heteroatoms. The Kier molecular flexibility index (Phi) is 5.19. The first-order chi connectivity index (χ1) is 9.13. The molecule has 1 N–H and O–H groups in total. The summed E-state index contributed by atoms with van der Waals surface area (Å²) in [6, 6.07) is 0. The number of hydrogen-bond donors (Lipinski definition) is 1. The Balaban J connectivity index is 1.84. The molecule has 0 spiro atoms. The van der Waals surface area contributed by atoms with Gasteiger partial charge in [-0.3, -0.25) is 9.69 Å². The first-order valence-corrected chi connectivity index (χ1v) is 7.39. The van der Waals surface area contributed by atoms with Gasteiger partial charge in [0.15, 0.2) is 0 Å². The quantitative estimate of drug-likeness (QED) is 0.801. The fourth-order valence-electron chi connectivity index (χ4n) is 3.00. The number of rotatable bonds is 3. The molecule has 0 saturated carbocycles. The molecule has 2 aliphatic rings. The Bertz CT molecular complexity index is 303. The summed E-state index contributed by atoms with van der Waals surface area (Å²) in [4.78, 5) is 16.6. The first kappa shape index (κ1) is 14.8. The van der Waals surface area contributed by atoms with Gasteiger partial charge < -0.3 is 15.0 Å². The lowest BCUT2D eigenvalue weighted by Crippen LogP contribution is -2.51. The second-order valence-electron chi connectivity index (χ2n) is 5.95. The fourth-order valence-corrected chi connectivity index (χ4v) is 3.00. The molecule has 0 aromatic carbocycles. The number of likely N-dealkylation sites (tertiary alicyclic amines) is 1. The van der Waals surface area contributed by atoms with E-state index < -0.39 is 0 Å². The largest absolute Gasteiger partial charge is 0.377 e. The zero-order chi connectivity index (χ0) is 13.7. The van der Waals surface area contributed by atoms with Crippen LogP contribution in [0.4, 0.5) is 0 Å². The zero-order valence-corrected chi connectivity index (χ0v) is 12.3. The Morgan fingerprint density at radius 2 is 2.11 bits per heavy atom. The van der Waals surface area contributed by atoms with Crippen LogP contribution < -0.4 is 5.32 Å². The number of ether oxygens (including phenoxy) is 1. The van der Waals surface area contributed by atoms with E-state index in [-0.39, 0.29) is 11.5 Å². The Morgan fingerprint density at radius 1 is 1.26 bits per heavy atom. The van der Waals surface area contributed by atoms with Crippen LogP contribution in [0, 0.1) is 0 Å². The first-order valence-electron chi connectivity index (χ1n) is 7.39. The van der Waals surface area contributed by atoms with Crippen molar-refractivity contribution in [2.45, 2.75) is 31.8 Å². The van der Waals surface area contributed by atoms with Crippen molar-refractivity contribution in [3.63, 3.8) is 0 Å². The number of methoxy groups -OCH3 is 1. The standard InChI is InChI=1S/C14H27N3O2/c1-14(19-2)5-3-8-16(12-14)11-13(18)17-9-4-6-15-7-10-17/h15H,3-12H2,1-2H3. The highest BCUT2D eigenvalue weighted by atomic mass is 16.5. The van der Waals surface area contributed by atoms with Crippen LogP contribution in [-0.2, 0) is 9.53 Å². The minimum Gasteiger partial charge on any atom is -0.377 e. The highest BCUT2D eigenvalue weighted by Gasteiger charge is 2.32. The Hall–Kier alpha value is -0.650. The molecule has 2 rings (SSSR count). The summed E-state index contributed by atoms with van der Waals surface area (Å²) in [5.74, 6) is 0.268. The van der Waals surface area contributed by atoms with Gasteiger partial charge in [-0.2, -0.15) is 0 Å². The van der Waals surface area contributed by atoms with Gasteiger partial charge in [-0.05, 0) is 39.3 Å². The number of carbonyl (C=O) groups is 1. The second kappa shape index (κ2) is 6.68. The summed E-state index contributed by atoms with van der Waals surface area (Å²) in [6.45, 7) is 8.22. The molecule has 19 heavy (non-hydrogen) atoms. The van der Waals surface area contributed by atoms with Gasteiger partial charge in [-0.25, -0.2) is 0 Å². The van der Waals surface area contributed by atoms with Gasteiger partial charge in [0.25, 0.3) is 0 Å². The van der Waals surface area contributed by atoms with Gasteiger partial charge in [0.2, 0.25) is 5.91 Å². The highest BCUT2D eigenvalue weighted by molar-refractivity contribution is 5.78. The molecule has 0 aliphatic carbocycles. The normalized spacial score (nSPS) is 30.1. The molecule has 0 bridgehead atoms. The van der Waals surface area contributed by atoms with E-state index in [4.69, 9.17) is 4.74 Å². The smallest absolute Gasteiger partial charge is 0.236 e. The Morgan fingerprint density at radius 3 is 2.89 bits per heavy atom. The maximum absolute atomic E-state index is 12.3. The SMILES string of the molecule is COC1(C)CCCN(CC(=O)N2CCCNCC2)C1. The molecule has 5 nitrogen and oxygen atoms in total. The molecule has 1 unspecified atom stereocenters. The van der Waals surface area contributed by atoms with Gasteiger partial charge in [0.05, 0.1) is 12.1 Å². The van der Waals surface area contributed by atoms with Crippen molar-refractivity contribution in [2.24, 2.45) is 0 Å². The Labute approximate surface area is 116 Å². The van der Waals surface area contributed by atoms with Gasteiger partial charge in [-0.15, -0.1) is 0 Å². The van der Waals surface area contributed by atoms with Gasteiger partial charge in [0.1, 0.15) is 0 Å². The minimum atomic E-state index is -0.0845. The van der Waals surface area contributed by atoms with Crippen molar-refractivity contribution in [3.8, 4) is 0 Å². The number of hydrogen-bond acceptors (Lipinski definition) is 4. The predicted octanol–water partition coefficient (Wildman–Crippen LogP) is 0.309. The molecular weight excluding hydrogens is 242 g/mol. The molecule has 2 aliphatic heterocycles. The van der Waals surface area contributed by atoms with Gasteiger partial charge in [-0.1, -0.05) is 0 Å². The van der Waals surface area contributed by atoms with Crippen LogP contribution in [0.2, 0.25) is 0 Å². The maximum atomic E-state index is 12.3. The van der Waals surface area contributed by atoms with E-state index in [0.717, 1.165) is 58.5 Å². The van der Waals surface area contributed by atoms with Crippen molar-refractivity contribution in [2.75, 3.05) is 52.9 Å². The van der Waals surface area contributed by atoms with Crippen molar-refractivity contribution < 1.29 is 9.53 Å². The highest BCUT2D eigenvalue weighted by Crippen LogP contribution is 2.23. The summed E-state index contributed by atoms with van der Waals surface area (Å²) in [5.41, 5.74) is -0.0845. The van der Waals surface area contributed by atoms with E-state index in [1.54, 1.807) is 7.11 Å². The summed E-state index contributed by atoms with van der Waals surface area (Å²) in [6.07, 6.45) is 3.25. The van der Waals surface area contributed by atoms with E-state index in [1.807, 2.05) is 4.90 Å². The topological polar surface area (TPSA) is 44.8 Å². The third kappa shape index (κ3) is 4.16. The minimum absolute atomic E-state index is 0.0845. The van der Waals surface area contributed by atoms with Crippen LogP contribution in [-0.4, -0.2) is 74.2 Å². The molecule has 2 saturated heterocycles. The fraction of sp³-hybridized carbons (Fsp3) is 0.929. The van der Waals surface area contributed by atoms with Crippen molar-refractivity contribution in [1.29, 1.82) is 0 Å². The van der Waals surface area contributed by atoms with Crippen molar-refractivity contribution in [3.05, 3.63) is 0 Å². The molecule has 0 aromatic heterocycles. The van der Waals surface area contributed by atoms with Crippen LogP contribution in [0.5, 0.6) is 0 Å². The molecule has 1 atom stereocenters. The zero-order valence-electron chi connectivity index (χ0n) is 12.3. The molecule has 0 radical (unpaired) electrons. The average molecular weight is 269 g/mol. The third-order valence-corrected chi connectivity index (χ3v) is 4.28. The third-order valence-electron chi connectivity index (χ3n) is 4.28. The monoisotopic (exact) mass is 269 g/mol. The molecule has 0 aromatic rings. The molecular formula is C14H27N3O2. The van der Waals surface area contributed by atoms with E-state index in [9.17, 15) is 4.79 Å². The van der Waals surface area contributed by atoms with E-state index in [0.29, 0.717) is 6.54 Å². The van der Waals surface area contributed by atoms with E-state index in [2.05, 4.69) is 17.1 Å². The molecule has 1 amide bonds. The van der Waals surface area contributed by atoms with Crippen LogP contribution in [0.3, 0.4) is 0 Å². The van der Waals surface area contributed by atoms with Crippen LogP contribution in [0.15, 0.2) is 0 Å². The molecule has 2 heterocycles. The lowest BCUT2D eigenvalue weighted by molar-refractivity contribution is -0.134. The lowest BCUT2D eigenvalue weighted by atomic mass is 9.95. The summed E-state index contributed by atoms with van der Waals surface area (Å²) in [5, 5.41) is 3.33. The maximum Gasteiger partial charge on any atom is 0.236 e. The summed E-state index contributed by atoms with van der Waals surface area (Å²) >= 11 is 0. The number of carbonyl (C=O) groups excluding carboxylic acids is 1. The van der Waals surface area contributed by atoms with Crippen molar-refractivity contribution >= 4 is 5.91 Å². The second-order valence-corrected chi connectivity index (χ2v) is 5.95. The van der Waals surface area contributed by atoms with E-state index >= 15 is 0 Å². The lowest BCUT2D eigenvalue weighted by Gasteiger charge is -2.39. The van der Waals surface area contributed by atoms with Crippen LogP contribution in [0.1, 0.15) is 26.2 Å². The van der Waals surface area contributed by atoms with Gasteiger partial charge in [0, 0.05) is 33.3 Å². The predicted molar refractivity (Wildman–Crippen MR) is 75.2 cm³/mol. The number of amides is 1. The number of nitrogens with zero attached hydrogens (tertiary/aromatic N) is 2. The average Bonchev–Trinajstić information content (AvgIpc) is 2.68. The van der Waals surface area contributed by atoms with E-state index in [1.165, 1.54) is 0 Å². The summed E-state index contributed by atoms with van der Waals surface area (Å²) in [7, 11) is 1.77. The van der Waals surface area contributed by atoms with Crippen LogP contribution in [0.25, 0.3) is 0 Å². The summed E-state index contributed by atoms with van der Waals surface area (Å²) < 4.78 is 5.58. The van der Waals surface area contributed by atoms with Gasteiger partial charge >= 0.3 is 0 Å². The number of nitrogens with one attached hydrogen (secondary N) is 1. The van der Waals surface area contributed by atoms with Crippen molar-refractivity contribution in [1.82, 2.24) is 15.1 Å². The molecule has 110 valence electrons. The molecule has 2 fully saturated rings. The number of piperidine rings is 1. The van der Waals surface area contributed by atoms with Crippen LogP contribution >= 0.6 is 0 Å².